The van der Waals surface area contributed by atoms with Gasteiger partial charge in [-0.15, -0.1) is 11.3 Å². The maximum absolute atomic E-state index is 4.29. The van der Waals surface area contributed by atoms with Gasteiger partial charge in [0.1, 0.15) is 9.22 Å². The second kappa shape index (κ2) is 2.20. The summed E-state index contributed by atoms with van der Waals surface area (Å²) in [6.45, 7) is 0. The molecule has 2 aromatic heterocycles. The zero-order valence-corrected chi connectivity index (χ0v) is 8.31. The van der Waals surface area contributed by atoms with E-state index in [0.717, 1.165) is 5.52 Å². The molecular weight excluding hydrogens is 259 g/mol. The number of thiophene rings is 1. The molecule has 2 nitrogen and oxygen atoms in total. The predicted molar refractivity (Wildman–Crippen MR) is 51.3 cm³/mol. The third kappa shape index (κ3) is 0.784. The topological polar surface area (TPSA) is 17.8 Å². The Morgan fingerprint density at radius 3 is 3.20 bits per heavy atom. The van der Waals surface area contributed by atoms with Gasteiger partial charge in [0, 0.05) is 7.05 Å². The molecule has 0 aliphatic carbocycles. The Morgan fingerprint density at radius 1 is 1.70 bits per heavy atom. The summed E-state index contributed by atoms with van der Waals surface area (Å²) in [5.41, 5.74) is 1.11. The number of aromatic nitrogens is 2. The third-order valence-electron chi connectivity index (χ3n) is 1.37. The van der Waals surface area contributed by atoms with Crippen LogP contribution < -0.4 is 0 Å². The number of aryl methyl sites for hydroxylation is 1. The van der Waals surface area contributed by atoms with Gasteiger partial charge < -0.3 is 0 Å². The van der Waals surface area contributed by atoms with E-state index in [4.69, 9.17) is 0 Å². The minimum Gasteiger partial charge on any atom is -0.260 e. The molecular formula is C6H5IN2S. The van der Waals surface area contributed by atoms with E-state index < -0.39 is 0 Å². The molecule has 2 aromatic rings. The molecule has 0 aromatic carbocycles. The Morgan fingerprint density at radius 2 is 2.50 bits per heavy atom. The average molecular weight is 264 g/mol. The molecule has 52 valence electrons. The molecule has 0 saturated carbocycles. The monoisotopic (exact) mass is 264 g/mol. The van der Waals surface area contributed by atoms with E-state index in [-0.39, 0.29) is 0 Å². The Bertz CT molecular complexity index is 363. The van der Waals surface area contributed by atoms with Crippen molar-refractivity contribution < 1.29 is 0 Å². The molecule has 0 fully saturated rings. The van der Waals surface area contributed by atoms with Crippen LogP contribution in [0, 0.1) is 3.70 Å². The van der Waals surface area contributed by atoms with Gasteiger partial charge in [0.2, 0.25) is 0 Å². The molecule has 2 rings (SSSR count). The first-order valence-corrected chi connectivity index (χ1v) is 4.80. The number of halogens is 1. The maximum Gasteiger partial charge on any atom is 0.116 e. The van der Waals surface area contributed by atoms with Crippen molar-refractivity contribution in [1.29, 1.82) is 0 Å². The van der Waals surface area contributed by atoms with Crippen LogP contribution in [-0.2, 0) is 7.05 Å². The largest absolute Gasteiger partial charge is 0.260 e. The zero-order chi connectivity index (χ0) is 7.14. The van der Waals surface area contributed by atoms with Crippen molar-refractivity contribution in [2.75, 3.05) is 0 Å². The zero-order valence-electron chi connectivity index (χ0n) is 5.34. The van der Waals surface area contributed by atoms with Crippen LogP contribution in [0.25, 0.3) is 10.2 Å². The van der Waals surface area contributed by atoms with Gasteiger partial charge in [-0.2, -0.15) is 5.10 Å². The number of hydrogen-bond acceptors (Lipinski definition) is 2. The minimum absolute atomic E-state index is 1.11. The Hall–Kier alpha value is -0.100. The highest BCUT2D eigenvalue weighted by Crippen LogP contribution is 2.24. The lowest BCUT2D eigenvalue weighted by Gasteiger charge is -1.87. The van der Waals surface area contributed by atoms with Crippen molar-refractivity contribution in [2.45, 2.75) is 0 Å². The van der Waals surface area contributed by atoms with Crippen LogP contribution in [0.5, 0.6) is 0 Å². The summed E-state index contributed by atoms with van der Waals surface area (Å²) in [7, 11) is 1.97. The second-order valence-corrected chi connectivity index (χ2v) is 3.99. The fraction of sp³-hybridized carbons (Fsp3) is 0.167. The number of fused-ring (bicyclic) bond motifs is 1. The van der Waals surface area contributed by atoms with Crippen LogP contribution in [0.15, 0.2) is 11.4 Å². The molecule has 0 aliphatic heterocycles. The molecule has 0 spiro atoms. The standard InChI is InChI=1S/C6H5IN2S/c1-9-6(7)5-4(8-9)2-3-10-5/h2-3H,1H3. The molecule has 0 N–H and O–H groups in total. The number of rotatable bonds is 0. The van der Waals surface area contributed by atoms with Crippen molar-refractivity contribution >= 4 is 44.1 Å². The molecule has 0 bridgehead atoms. The second-order valence-electron chi connectivity index (χ2n) is 2.05. The van der Waals surface area contributed by atoms with E-state index >= 15 is 0 Å². The minimum atomic E-state index is 1.11. The van der Waals surface area contributed by atoms with E-state index in [1.165, 1.54) is 8.40 Å². The van der Waals surface area contributed by atoms with Gasteiger partial charge in [0.15, 0.2) is 0 Å². The lowest BCUT2D eigenvalue weighted by molar-refractivity contribution is 0.759. The van der Waals surface area contributed by atoms with Crippen molar-refractivity contribution in [3.8, 4) is 0 Å². The molecule has 0 aliphatic rings. The number of hydrogen-bond donors (Lipinski definition) is 0. The van der Waals surface area contributed by atoms with E-state index in [0.29, 0.717) is 0 Å². The third-order valence-corrected chi connectivity index (χ3v) is 3.89. The van der Waals surface area contributed by atoms with Crippen LogP contribution >= 0.6 is 33.9 Å². The normalized spacial score (nSPS) is 11.0. The summed E-state index contributed by atoms with van der Waals surface area (Å²) in [5.74, 6) is 0. The first-order chi connectivity index (χ1) is 4.79. The molecule has 0 amide bonds. The molecule has 0 atom stereocenters. The van der Waals surface area contributed by atoms with Gasteiger partial charge >= 0.3 is 0 Å². The van der Waals surface area contributed by atoms with Gasteiger partial charge in [-0.25, -0.2) is 0 Å². The van der Waals surface area contributed by atoms with E-state index in [1.807, 2.05) is 17.8 Å². The van der Waals surface area contributed by atoms with E-state index in [2.05, 4.69) is 33.1 Å². The highest BCUT2D eigenvalue weighted by Gasteiger charge is 2.04. The number of nitrogens with zero attached hydrogens (tertiary/aromatic N) is 2. The molecule has 4 heteroatoms. The highest BCUT2D eigenvalue weighted by molar-refractivity contribution is 14.1. The molecule has 10 heavy (non-hydrogen) atoms. The fourth-order valence-electron chi connectivity index (χ4n) is 0.888. The molecule has 2 heterocycles. The van der Waals surface area contributed by atoms with E-state index in [9.17, 15) is 0 Å². The summed E-state index contributed by atoms with van der Waals surface area (Å²) in [6.07, 6.45) is 0. The summed E-state index contributed by atoms with van der Waals surface area (Å²) in [5, 5.41) is 6.36. The Kier molecular flexibility index (Phi) is 1.45. The van der Waals surface area contributed by atoms with Crippen molar-refractivity contribution in [3.05, 3.63) is 15.1 Å². The summed E-state index contributed by atoms with van der Waals surface area (Å²) >= 11 is 4.05. The van der Waals surface area contributed by atoms with Crippen LogP contribution in [0.3, 0.4) is 0 Å². The SMILES string of the molecule is Cn1nc2ccsc2c1I. The molecule has 0 saturated heterocycles. The van der Waals surface area contributed by atoms with Crippen molar-refractivity contribution in [3.63, 3.8) is 0 Å². The average Bonchev–Trinajstić information content (AvgIpc) is 2.41. The lowest BCUT2D eigenvalue weighted by atomic mass is 10.5. The van der Waals surface area contributed by atoms with Gasteiger partial charge in [-0.1, -0.05) is 0 Å². The quantitative estimate of drug-likeness (QED) is 0.667. The van der Waals surface area contributed by atoms with Gasteiger partial charge in [-0.05, 0) is 34.0 Å². The Balaban J connectivity index is 2.95. The smallest absolute Gasteiger partial charge is 0.116 e. The summed E-state index contributed by atoms with van der Waals surface area (Å²) < 4.78 is 4.42. The van der Waals surface area contributed by atoms with Gasteiger partial charge in [0.25, 0.3) is 0 Å². The first-order valence-electron chi connectivity index (χ1n) is 2.85. The van der Waals surface area contributed by atoms with Crippen LogP contribution in [0.1, 0.15) is 0 Å². The van der Waals surface area contributed by atoms with Crippen molar-refractivity contribution in [2.24, 2.45) is 7.05 Å². The summed E-state index contributed by atoms with van der Waals surface area (Å²) in [6, 6.07) is 2.04. The van der Waals surface area contributed by atoms with Crippen LogP contribution in [0.2, 0.25) is 0 Å². The van der Waals surface area contributed by atoms with Gasteiger partial charge in [-0.3, -0.25) is 4.68 Å². The van der Waals surface area contributed by atoms with Gasteiger partial charge in [0.05, 0.1) is 4.70 Å². The Labute approximate surface area is 76.0 Å². The first kappa shape index (κ1) is 6.60. The lowest BCUT2D eigenvalue weighted by Crippen LogP contribution is -1.91. The summed E-state index contributed by atoms with van der Waals surface area (Å²) in [4.78, 5) is 0. The van der Waals surface area contributed by atoms with Crippen LogP contribution in [0.4, 0.5) is 0 Å². The fourth-order valence-corrected chi connectivity index (χ4v) is 2.45. The predicted octanol–water partition coefficient (Wildman–Crippen LogP) is 2.24. The van der Waals surface area contributed by atoms with Crippen molar-refractivity contribution in [1.82, 2.24) is 9.78 Å². The maximum atomic E-state index is 4.29. The van der Waals surface area contributed by atoms with E-state index in [1.54, 1.807) is 11.3 Å². The molecule has 0 unspecified atom stereocenters. The highest BCUT2D eigenvalue weighted by atomic mass is 127. The molecule has 0 radical (unpaired) electrons. The van der Waals surface area contributed by atoms with Crippen LogP contribution in [-0.4, -0.2) is 9.78 Å².